The molecule has 146 valence electrons. The zero-order valence-corrected chi connectivity index (χ0v) is 15.7. The van der Waals surface area contributed by atoms with Crippen molar-refractivity contribution in [3.63, 3.8) is 0 Å². The van der Waals surface area contributed by atoms with Crippen LogP contribution < -0.4 is 5.32 Å². The fourth-order valence-electron chi connectivity index (χ4n) is 5.07. The highest BCUT2D eigenvalue weighted by molar-refractivity contribution is 5.92. The number of halogens is 1. The summed E-state index contributed by atoms with van der Waals surface area (Å²) in [4.78, 5) is 28.8. The molecule has 0 aromatic heterocycles. The van der Waals surface area contributed by atoms with E-state index in [0.29, 0.717) is 43.6 Å². The van der Waals surface area contributed by atoms with Gasteiger partial charge in [0.05, 0.1) is 6.54 Å². The van der Waals surface area contributed by atoms with E-state index in [1.807, 2.05) is 4.90 Å². The maximum Gasteiger partial charge on any atom is 0.238 e. The predicted molar refractivity (Wildman–Crippen MR) is 102 cm³/mol. The molecule has 4 rings (SSSR count). The minimum atomic E-state index is -0.320. The molecule has 2 aliphatic carbocycles. The van der Waals surface area contributed by atoms with Crippen LogP contribution in [-0.4, -0.2) is 54.3 Å². The lowest BCUT2D eigenvalue weighted by molar-refractivity contribution is -0.134. The number of hydrogen-bond donors (Lipinski definition) is 1. The average molecular weight is 373 g/mol. The molecule has 1 aromatic carbocycles. The number of fused-ring (bicyclic) bond motifs is 2. The Bertz CT molecular complexity index is 685. The van der Waals surface area contributed by atoms with Crippen molar-refractivity contribution in [1.82, 2.24) is 9.80 Å². The maximum atomic E-state index is 12.9. The molecule has 3 aliphatic rings. The summed E-state index contributed by atoms with van der Waals surface area (Å²) < 4.78 is 12.9. The minimum absolute atomic E-state index is 0.108. The van der Waals surface area contributed by atoms with Crippen molar-refractivity contribution in [2.45, 2.75) is 32.1 Å². The molecule has 2 bridgehead atoms. The molecule has 1 aromatic rings. The van der Waals surface area contributed by atoms with Gasteiger partial charge >= 0.3 is 0 Å². The molecule has 3 atom stereocenters. The fraction of sp³-hybridized carbons (Fsp3) is 0.619. The van der Waals surface area contributed by atoms with E-state index >= 15 is 0 Å². The lowest BCUT2D eigenvalue weighted by Crippen LogP contribution is -2.50. The van der Waals surface area contributed by atoms with Crippen LogP contribution >= 0.6 is 0 Å². The van der Waals surface area contributed by atoms with Crippen molar-refractivity contribution in [2.75, 3.05) is 38.0 Å². The first-order valence-electron chi connectivity index (χ1n) is 10.1. The largest absolute Gasteiger partial charge is 0.340 e. The lowest BCUT2D eigenvalue weighted by Gasteiger charge is -2.35. The molecule has 0 radical (unpaired) electrons. The number of hydrogen-bond acceptors (Lipinski definition) is 3. The third-order valence-electron chi connectivity index (χ3n) is 6.54. The summed E-state index contributed by atoms with van der Waals surface area (Å²) in [5.41, 5.74) is 0.598. The Labute approximate surface area is 159 Å². The topological polar surface area (TPSA) is 52.7 Å². The van der Waals surface area contributed by atoms with Crippen molar-refractivity contribution < 1.29 is 14.0 Å². The highest BCUT2D eigenvalue weighted by Crippen LogP contribution is 2.49. The molecule has 3 fully saturated rings. The second-order valence-corrected chi connectivity index (χ2v) is 8.35. The normalized spacial score (nSPS) is 27.7. The van der Waals surface area contributed by atoms with Crippen LogP contribution in [0.3, 0.4) is 0 Å². The summed E-state index contributed by atoms with van der Waals surface area (Å²) in [5.74, 6) is 2.14. The minimum Gasteiger partial charge on any atom is -0.340 e. The Morgan fingerprint density at radius 2 is 1.78 bits per heavy atom. The zero-order valence-electron chi connectivity index (χ0n) is 15.7. The molecule has 0 unspecified atom stereocenters. The van der Waals surface area contributed by atoms with Crippen LogP contribution in [0.2, 0.25) is 0 Å². The summed E-state index contributed by atoms with van der Waals surface area (Å²) in [6.45, 7) is 3.14. The number of piperazine rings is 1. The summed E-state index contributed by atoms with van der Waals surface area (Å²) in [6, 6.07) is 5.77. The van der Waals surface area contributed by atoms with Gasteiger partial charge in [0.15, 0.2) is 0 Å². The van der Waals surface area contributed by atoms with Crippen LogP contribution in [0.4, 0.5) is 10.1 Å². The molecular weight excluding hydrogens is 345 g/mol. The van der Waals surface area contributed by atoms with E-state index in [1.165, 1.54) is 37.8 Å². The van der Waals surface area contributed by atoms with E-state index in [1.54, 1.807) is 12.1 Å². The van der Waals surface area contributed by atoms with E-state index in [0.717, 1.165) is 24.9 Å². The number of nitrogens with zero attached hydrogens (tertiary/aromatic N) is 2. The number of carbonyl (C=O) groups is 2. The summed E-state index contributed by atoms with van der Waals surface area (Å²) in [5, 5.41) is 2.79. The molecule has 1 aliphatic heterocycles. The molecule has 2 saturated carbocycles. The molecular formula is C21H28FN3O2. The highest BCUT2D eigenvalue weighted by atomic mass is 19.1. The number of anilines is 1. The molecule has 0 spiro atoms. The number of rotatable bonds is 5. The summed E-state index contributed by atoms with van der Waals surface area (Å²) in [7, 11) is 0. The fourth-order valence-corrected chi connectivity index (χ4v) is 5.07. The quantitative estimate of drug-likeness (QED) is 0.863. The van der Waals surface area contributed by atoms with Gasteiger partial charge < -0.3 is 10.2 Å². The van der Waals surface area contributed by atoms with Gasteiger partial charge in [0.25, 0.3) is 0 Å². The van der Waals surface area contributed by atoms with Crippen LogP contribution in [-0.2, 0) is 9.59 Å². The van der Waals surface area contributed by atoms with Gasteiger partial charge in [0.2, 0.25) is 11.8 Å². The number of amides is 2. The van der Waals surface area contributed by atoms with E-state index in [-0.39, 0.29) is 11.7 Å². The zero-order chi connectivity index (χ0) is 18.8. The van der Waals surface area contributed by atoms with Gasteiger partial charge in [-0.25, -0.2) is 4.39 Å². The van der Waals surface area contributed by atoms with Crippen LogP contribution in [0.25, 0.3) is 0 Å². The number of carbonyl (C=O) groups excluding carboxylic acids is 2. The Morgan fingerprint density at radius 3 is 2.41 bits per heavy atom. The molecule has 5 nitrogen and oxygen atoms in total. The van der Waals surface area contributed by atoms with Gasteiger partial charge in [-0.05, 0) is 61.3 Å². The predicted octanol–water partition coefficient (Wildman–Crippen LogP) is 2.73. The lowest BCUT2D eigenvalue weighted by atomic mass is 9.86. The molecule has 1 saturated heterocycles. The second-order valence-electron chi connectivity index (χ2n) is 8.35. The second kappa shape index (κ2) is 7.97. The van der Waals surface area contributed by atoms with Crippen molar-refractivity contribution in [2.24, 2.45) is 17.8 Å². The van der Waals surface area contributed by atoms with Crippen molar-refractivity contribution in [1.29, 1.82) is 0 Å². The Morgan fingerprint density at radius 1 is 1.04 bits per heavy atom. The maximum absolute atomic E-state index is 12.9. The first-order valence-corrected chi connectivity index (χ1v) is 10.1. The molecule has 6 heteroatoms. The van der Waals surface area contributed by atoms with Gasteiger partial charge in [-0.2, -0.15) is 0 Å². The van der Waals surface area contributed by atoms with Crippen molar-refractivity contribution >= 4 is 17.5 Å². The standard InChI is InChI=1S/C21H28FN3O2/c22-18-3-5-19(6-4-18)23-20(26)14-24-7-9-25(10-8-24)21(27)13-17-12-15-1-2-16(17)11-15/h3-6,15-17H,1-2,7-14H2,(H,23,26)/t15-,16-,17-/m1/s1. The van der Waals surface area contributed by atoms with E-state index in [4.69, 9.17) is 0 Å². The third-order valence-corrected chi connectivity index (χ3v) is 6.54. The molecule has 27 heavy (non-hydrogen) atoms. The van der Waals surface area contributed by atoms with Crippen LogP contribution in [0.5, 0.6) is 0 Å². The van der Waals surface area contributed by atoms with Crippen molar-refractivity contribution in [3.8, 4) is 0 Å². The summed E-state index contributed by atoms with van der Waals surface area (Å²) >= 11 is 0. The van der Waals surface area contributed by atoms with Gasteiger partial charge in [0, 0.05) is 38.3 Å². The van der Waals surface area contributed by atoms with Crippen molar-refractivity contribution in [3.05, 3.63) is 30.1 Å². The Hall–Kier alpha value is -1.95. The highest BCUT2D eigenvalue weighted by Gasteiger charge is 2.40. The van der Waals surface area contributed by atoms with Gasteiger partial charge in [0.1, 0.15) is 5.82 Å². The third kappa shape index (κ3) is 4.49. The number of nitrogens with one attached hydrogen (secondary N) is 1. The first kappa shape index (κ1) is 18.4. The molecule has 1 N–H and O–H groups in total. The van der Waals surface area contributed by atoms with Crippen LogP contribution in [0, 0.1) is 23.6 Å². The first-order chi connectivity index (χ1) is 13.1. The Balaban J connectivity index is 1.19. The number of benzene rings is 1. The van der Waals surface area contributed by atoms with Crippen LogP contribution in [0.15, 0.2) is 24.3 Å². The SMILES string of the molecule is O=C(CN1CCN(C(=O)C[C@H]2C[C@@H]3CC[C@@H]2C3)CC1)Nc1ccc(F)cc1. The van der Waals surface area contributed by atoms with E-state index in [9.17, 15) is 14.0 Å². The summed E-state index contributed by atoms with van der Waals surface area (Å²) in [6.07, 6.45) is 5.99. The van der Waals surface area contributed by atoms with Crippen LogP contribution in [0.1, 0.15) is 32.1 Å². The van der Waals surface area contributed by atoms with E-state index < -0.39 is 0 Å². The van der Waals surface area contributed by atoms with Gasteiger partial charge in [-0.3, -0.25) is 14.5 Å². The Kier molecular flexibility index (Phi) is 5.43. The van der Waals surface area contributed by atoms with E-state index in [2.05, 4.69) is 10.2 Å². The van der Waals surface area contributed by atoms with Gasteiger partial charge in [-0.15, -0.1) is 0 Å². The molecule has 2 amide bonds. The average Bonchev–Trinajstić information content (AvgIpc) is 3.27. The molecule has 1 heterocycles. The monoisotopic (exact) mass is 373 g/mol. The van der Waals surface area contributed by atoms with Gasteiger partial charge in [-0.1, -0.05) is 6.42 Å². The smallest absolute Gasteiger partial charge is 0.238 e.